The van der Waals surface area contributed by atoms with Crippen molar-refractivity contribution in [1.82, 2.24) is 0 Å². The highest BCUT2D eigenvalue weighted by Gasteiger charge is 2.54. The van der Waals surface area contributed by atoms with Gasteiger partial charge in [-0.3, -0.25) is 28.8 Å². The summed E-state index contributed by atoms with van der Waals surface area (Å²) in [7, 11) is 0. The summed E-state index contributed by atoms with van der Waals surface area (Å²) < 4.78 is 20.7. The van der Waals surface area contributed by atoms with E-state index < -0.39 is 0 Å². The molecule has 0 aromatic heterocycles. The maximum absolute atomic E-state index is 12.1. The van der Waals surface area contributed by atoms with Gasteiger partial charge in [-0.1, -0.05) is 26.7 Å². The van der Waals surface area contributed by atoms with Crippen LogP contribution in [0.3, 0.4) is 0 Å². The molecule has 10 nitrogen and oxygen atoms in total. The molecule has 0 aliphatic heterocycles. The SMILES string of the molecule is CCCCSC1C(SCCCC(=O)COCCOCC(C)=O)C(C(C)=O)C1C(C)=O.CCCCSC1CCC1SCCCC(=O)COCCOCC(C)=O. The van der Waals surface area contributed by atoms with E-state index in [1.807, 2.05) is 23.5 Å². The summed E-state index contributed by atoms with van der Waals surface area (Å²) in [6.45, 7) is 12.2. The smallest absolute Gasteiger partial charge is 0.158 e. The lowest BCUT2D eigenvalue weighted by Gasteiger charge is -2.49. The van der Waals surface area contributed by atoms with Crippen LogP contribution in [0.5, 0.6) is 0 Å². The quantitative estimate of drug-likeness (QED) is 0.0607. The van der Waals surface area contributed by atoms with E-state index in [-0.39, 0.29) is 83.5 Å². The minimum atomic E-state index is -0.194. The number of Topliss-reactive ketones (excluding diaryl/α,β-unsaturated/α-hetero) is 6. The van der Waals surface area contributed by atoms with Crippen LogP contribution in [0, 0.1) is 11.8 Å². The Bertz CT molecular complexity index is 1110. The number of ketones is 6. The van der Waals surface area contributed by atoms with E-state index >= 15 is 0 Å². The van der Waals surface area contributed by atoms with E-state index in [4.69, 9.17) is 18.9 Å². The Morgan fingerprint density at radius 2 is 0.815 bits per heavy atom. The Hall–Kier alpha value is -0.740. The number of thioether (sulfide) groups is 4. The maximum Gasteiger partial charge on any atom is 0.158 e. The average Bonchev–Trinajstić information content (AvgIpc) is 3.09. The van der Waals surface area contributed by atoms with E-state index in [0.29, 0.717) is 39.3 Å². The number of unbranched alkanes of at least 4 members (excludes halogenated alkanes) is 2. The van der Waals surface area contributed by atoms with E-state index in [1.54, 1.807) is 25.6 Å². The molecule has 14 heteroatoms. The highest BCUT2D eigenvalue weighted by molar-refractivity contribution is 8.04. The molecule has 0 aromatic carbocycles. The Morgan fingerprint density at radius 1 is 0.481 bits per heavy atom. The Labute approximate surface area is 342 Å². The first kappa shape index (κ1) is 51.3. The second-order valence-electron chi connectivity index (χ2n) is 13.9. The third-order valence-electron chi connectivity index (χ3n) is 8.87. The molecule has 0 N–H and O–H groups in total. The Morgan fingerprint density at radius 3 is 1.15 bits per heavy atom. The van der Waals surface area contributed by atoms with Crippen LogP contribution in [-0.2, 0) is 47.7 Å². The van der Waals surface area contributed by atoms with Gasteiger partial charge in [0.1, 0.15) is 38.0 Å². The van der Waals surface area contributed by atoms with Crippen molar-refractivity contribution in [2.75, 3.05) is 75.9 Å². The van der Waals surface area contributed by atoms with Gasteiger partial charge in [0, 0.05) is 45.7 Å². The molecule has 0 spiro atoms. The molecule has 2 saturated carbocycles. The van der Waals surface area contributed by atoms with Crippen LogP contribution in [-0.4, -0.2) is 132 Å². The summed E-state index contributed by atoms with van der Waals surface area (Å²) >= 11 is 7.73. The maximum atomic E-state index is 12.1. The molecule has 2 rings (SSSR count). The summed E-state index contributed by atoms with van der Waals surface area (Å²) in [5.41, 5.74) is 0. The zero-order valence-electron chi connectivity index (χ0n) is 33.7. The van der Waals surface area contributed by atoms with Crippen molar-refractivity contribution in [1.29, 1.82) is 0 Å². The summed E-state index contributed by atoms with van der Waals surface area (Å²) in [5.74, 6) is 4.17. The molecule has 0 heterocycles. The number of hydrogen-bond donors (Lipinski definition) is 0. The van der Waals surface area contributed by atoms with Gasteiger partial charge in [-0.2, -0.15) is 47.0 Å². The fourth-order valence-corrected chi connectivity index (χ4v) is 12.6. The van der Waals surface area contributed by atoms with Crippen molar-refractivity contribution >= 4 is 81.7 Å². The average molecular weight is 837 g/mol. The molecular weight excluding hydrogens is 769 g/mol. The summed E-state index contributed by atoms with van der Waals surface area (Å²) in [5, 5.41) is 2.00. The molecule has 54 heavy (non-hydrogen) atoms. The van der Waals surface area contributed by atoms with Crippen LogP contribution in [0.4, 0.5) is 0 Å². The molecule has 0 amide bonds. The van der Waals surface area contributed by atoms with Gasteiger partial charge in [-0.25, -0.2) is 0 Å². The number of rotatable bonds is 34. The molecule has 312 valence electrons. The molecule has 2 aliphatic carbocycles. The fraction of sp³-hybridized carbons (Fsp3) is 0.850. The van der Waals surface area contributed by atoms with E-state index in [9.17, 15) is 28.8 Å². The molecule has 2 aliphatic rings. The van der Waals surface area contributed by atoms with Gasteiger partial charge in [0.2, 0.25) is 0 Å². The largest absolute Gasteiger partial charge is 0.371 e. The predicted molar refractivity (Wildman–Crippen MR) is 225 cm³/mol. The fourth-order valence-electron chi connectivity index (χ4n) is 5.78. The number of carbonyl (C=O) groups excluding carboxylic acids is 6. The summed E-state index contributed by atoms with van der Waals surface area (Å²) in [4.78, 5) is 69.3. The molecule has 0 saturated heterocycles. The van der Waals surface area contributed by atoms with Gasteiger partial charge in [0.05, 0.1) is 26.4 Å². The van der Waals surface area contributed by atoms with Crippen LogP contribution < -0.4 is 0 Å². The monoisotopic (exact) mass is 836 g/mol. The lowest BCUT2D eigenvalue weighted by Crippen LogP contribution is -2.58. The van der Waals surface area contributed by atoms with Crippen LogP contribution in [0.1, 0.15) is 106 Å². The van der Waals surface area contributed by atoms with Gasteiger partial charge in [0.15, 0.2) is 23.1 Å². The summed E-state index contributed by atoms with van der Waals surface area (Å²) in [6, 6.07) is 0. The molecule has 6 unspecified atom stereocenters. The second-order valence-corrected chi connectivity index (χ2v) is 19.2. The minimum Gasteiger partial charge on any atom is -0.371 e. The molecule has 0 bridgehead atoms. The number of ether oxygens (including phenoxy) is 4. The van der Waals surface area contributed by atoms with Gasteiger partial charge in [-0.15, -0.1) is 0 Å². The standard InChI is InChI=1S/C22H36O6S2.C18H32O4S2/c1-5-6-11-29-21-19(16(3)24)20(17(4)25)22(21)30-12-7-8-18(26)14-28-10-9-27-13-15(2)23;1-3-4-11-23-17-7-8-18(17)24-12-5-6-16(20)14-22-10-9-21-13-15(2)19/h19-22H,5-14H2,1-4H3;17-18H,3-14H2,1-2H3. The molecule has 0 aromatic rings. The normalized spacial score (nSPS) is 21.7. The van der Waals surface area contributed by atoms with Crippen molar-refractivity contribution < 1.29 is 47.7 Å². The number of carbonyl (C=O) groups is 6. The second kappa shape index (κ2) is 32.2. The van der Waals surface area contributed by atoms with E-state index in [1.165, 1.54) is 45.3 Å². The zero-order valence-corrected chi connectivity index (χ0v) is 37.0. The van der Waals surface area contributed by atoms with E-state index in [2.05, 4.69) is 25.6 Å². The number of hydrogen-bond acceptors (Lipinski definition) is 14. The minimum absolute atomic E-state index is 0.000965. The van der Waals surface area contributed by atoms with Gasteiger partial charge in [0.25, 0.3) is 0 Å². The molecule has 2 fully saturated rings. The highest BCUT2D eigenvalue weighted by Crippen LogP contribution is 2.50. The topological polar surface area (TPSA) is 139 Å². The van der Waals surface area contributed by atoms with Crippen LogP contribution in [0.15, 0.2) is 0 Å². The van der Waals surface area contributed by atoms with Crippen LogP contribution >= 0.6 is 47.0 Å². The van der Waals surface area contributed by atoms with Crippen LogP contribution in [0.2, 0.25) is 0 Å². The highest BCUT2D eigenvalue weighted by atomic mass is 32.2. The van der Waals surface area contributed by atoms with Crippen molar-refractivity contribution in [3.8, 4) is 0 Å². The van der Waals surface area contributed by atoms with Crippen molar-refractivity contribution in [3.63, 3.8) is 0 Å². The Balaban J connectivity index is 0.000000553. The predicted octanol–water partition coefficient (Wildman–Crippen LogP) is 7.14. The molecule has 6 atom stereocenters. The first-order valence-electron chi connectivity index (χ1n) is 19.7. The van der Waals surface area contributed by atoms with Crippen molar-refractivity contribution in [2.45, 2.75) is 127 Å². The van der Waals surface area contributed by atoms with Crippen LogP contribution in [0.25, 0.3) is 0 Å². The van der Waals surface area contributed by atoms with Crippen molar-refractivity contribution in [2.24, 2.45) is 11.8 Å². The van der Waals surface area contributed by atoms with E-state index in [0.717, 1.165) is 53.4 Å². The first-order chi connectivity index (χ1) is 25.9. The third kappa shape index (κ3) is 23.5. The van der Waals surface area contributed by atoms with Gasteiger partial charge >= 0.3 is 0 Å². The lowest BCUT2D eigenvalue weighted by molar-refractivity contribution is -0.134. The third-order valence-corrected chi connectivity index (χ3v) is 15.2. The van der Waals surface area contributed by atoms with Gasteiger partial charge < -0.3 is 18.9 Å². The molecular formula is C40H68O10S4. The molecule has 0 radical (unpaired) electrons. The Kier molecular flexibility index (Phi) is 30.6. The van der Waals surface area contributed by atoms with Crippen molar-refractivity contribution in [3.05, 3.63) is 0 Å². The zero-order chi connectivity index (χ0) is 40.1. The first-order valence-corrected chi connectivity index (χ1v) is 23.9. The summed E-state index contributed by atoms with van der Waals surface area (Å²) in [6.07, 6.45) is 10.2. The lowest BCUT2D eigenvalue weighted by atomic mass is 9.68. The van der Waals surface area contributed by atoms with Gasteiger partial charge in [-0.05, 0) is 89.2 Å².